The Morgan fingerprint density at radius 3 is 2.81 bits per heavy atom. The third-order valence-electron chi connectivity index (χ3n) is 2.60. The molecule has 0 aliphatic carbocycles. The van der Waals surface area contributed by atoms with Gasteiger partial charge in [-0.25, -0.2) is 4.39 Å². The second kappa shape index (κ2) is 4.17. The first-order valence-electron chi connectivity index (χ1n) is 4.98. The summed E-state index contributed by atoms with van der Waals surface area (Å²) in [6.45, 7) is 3.83. The second-order valence-electron chi connectivity index (χ2n) is 3.68. The van der Waals surface area contributed by atoms with E-state index in [9.17, 15) is 4.39 Å². The molecule has 1 aromatic carbocycles. The van der Waals surface area contributed by atoms with Crippen LogP contribution in [0.1, 0.15) is 24.4 Å². The first-order valence-corrected chi connectivity index (χ1v) is 5.39. The first-order chi connectivity index (χ1) is 7.59. The number of benzene rings is 1. The minimum atomic E-state index is -0.239. The van der Waals surface area contributed by atoms with E-state index in [0.717, 1.165) is 11.4 Å². The molecule has 16 heavy (non-hydrogen) atoms. The van der Waals surface area contributed by atoms with E-state index in [0.29, 0.717) is 4.77 Å². The van der Waals surface area contributed by atoms with Crippen LogP contribution in [0.5, 0.6) is 0 Å². The van der Waals surface area contributed by atoms with E-state index in [2.05, 4.69) is 10.2 Å². The van der Waals surface area contributed by atoms with Crippen molar-refractivity contribution in [1.29, 1.82) is 0 Å². The maximum absolute atomic E-state index is 13.1. The lowest BCUT2D eigenvalue weighted by Crippen LogP contribution is -2.09. The Morgan fingerprint density at radius 1 is 1.50 bits per heavy atom. The molecule has 0 bridgehead atoms. The van der Waals surface area contributed by atoms with Crippen molar-refractivity contribution in [1.82, 2.24) is 14.8 Å². The topological polar surface area (TPSA) is 33.6 Å². The third kappa shape index (κ3) is 1.90. The Bertz CT molecular complexity index is 558. The van der Waals surface area contributed by atoms with Crippen LogP contribution in [0.3, 0.4) is 0 Å². The monoisotopic (exact) mass is 237 g/mol. The van der Waals surface area contributed by atoms with Crippen molar-refractivity contribution in [3.63, 3.8) is 0 Å². The first kappa shape index (κ1) is 11.0. The molecule has 2 rings (SSSR count). The van der Waals surface area contributed by atoms with Crippen molar-refractivity contribution in [3.8, 4) is 0 Å². The van der Waals surface area contributed by atoms with Gasteiger partial charge in [-0.05, 0) is 43.8 Å². The molecule has 0 saturated carbocycles. The summed E-state index contributed by atoms with van der Waals surface area (Å²) in [5, 5.41) is 6.76. The predicted molar refractivity (Wildman–Crippen MR) is 62.4 cm³/mol. The molecule has 1 atom stereocenters. The average Bonchev–Trinajstić information content (AvgIpc) is 2.58. The number of nitrogens with zero attached hydrogens (tertiary/aromatic N) is 2. The van der Waals surface area contributed by atoms with E-state index >= 15 is 0 Å². The number of rotatable bonds is 2. The largest absolute Gasteiger partial charge is 0.297 e. The van der Waals surface area contributed by atoms with Crippen molar-refractivity contribution in [2.75, 3.05) is 0 Å². The Kier molecular flexibility index (Phi) is 2.87. The van der Waals surface area contributed by atoms with Gasteiger partial charge in [-0.3, -0.25) is 9.67 Å². The summed E-state index contributed by atoms with van der Waals surface area (Å²) < 4.78 is 15.5. The van der Waals surface area contributed by atoms with E-state index < -0.39 is 0 Å². The molecule has 0 amide bonds. The van der Waals surface area contributed by atoms with Crippen molar-refractivity contribution >= 4 is 12.2 Å². The van der Waals surface area contributed by atoms with Gasteiger partial charge in [0.2, 0.25) is 0 Å². The van der Waals surface area contributed by atoms with Gasteiger partial charge in [-0.2, -0.15) is 5.10 Å². The van der Waals surface area contributed by atoms with Crippen molar-refractivity contribution in [2.45, 2.75) is 19.9 Å². The minimum absolute atomic E-state index is 0.0260. The molecule has 3 nitrogen and oxygen atoms in total. The Balaban J connectivity index is 2.47. The molecule has 2 aromatic rings. The van der Waals surface area contributed by atoms with Gasteiger partial charge in [0, 0.05) is 0 Å². The van der Waals surface area contributed by atoms with Crippen LogP contribution in [0.25, 0.3) is 0 Å². The zero-order chi connectivity index (χ0) is 11.7. The number of H-pyrrole nitrogens is 1. The highest BCUT2D eigenvalue weighted by Crippen LogP contribution is 2.19. The van der Waals surface area contributed by atoms with Crippen LogP contribution in [-0.4, -0.2) is 14.8 Å². The van der Waals surface area contributed by atoms with Gasteiger partial charge in [0.15, 0.2) is 4.77 Å². The molecule has 0 aliphatic rings. The normalized spacial score (nSPS) is 12.7. The molecule has 0 fully saturated rings. The highest BCUT2D eigenvalue weighted by molar-refractivity contribution is 7.71. The minimum Gasteiger partial charge on any atom is -0.297 e. The number of aromatic amines is 1. The maximum Gasteiger partial charge on any atom is 0.195 e. The number of aryl methyl sites for hydroxylation is 1. The Hall–Kier alpha value is -1.49. The van der Waals surface area contributed by atoms with Gasteiger partial charge in [0.05, 0.1) is 6.04 Å². The molecule has 0 saturated heterocycles. The van der Waals surface area contributed by atoms with Crippen LogP contribution in [0, 0.1) is 17.5 Å². The fourth-order valence-corrected chi connectivity index (χ4v) is 2.09. The lowest BCUT2D eigenvalue weighted by atomic mass is 10.1. The standard InChI is InChI=1S/C11H12FN3S/c1-7(9-4-3-5-10(12)6-9)15-8(2)13-14-11(15)16/h3-7H,1-2H3,(H,14,16). The highest BCUT2D eigenvalue weighted by atomic mass is 32.1. The molecule has 0 aliphatic heterocycles. The van der Waals surface area contributed by atoms with E-state index in [1.54, 1.807) is 6.07 Å². The number of aromatic nitrogens is 3. The van der Waals surface area contributed by atoms with Crippen molar-refractivity contribution in [3.05, 3.63) is 46.2 Å². The fraction of sp³-hybridized carbons (Fsp3) is 0.273. The fourth-order valence-electron chi connectivity index (χ4n) is 1.76. The van der Waals surface area contributed by atoms with Gasteiger partial charge in [0.1, 0.15) is 11.6 Å². The zero-order valence-electron chi connectivity index (χ0n) is 9.07. The Labute approximate surface area is 97.9 Å². The zero-order valence-corrected chi connectivity index (χ0v) is 9.88. The summed E-state index contributed by atoms with van der Waals surface area (Å²) in [5.74, 6) is 0.554. The molecule has 1 N–H and O–H groups in total. The SMILES string of the molecule is Cc1n[nH]c(=S)n1C(C)c1cccc(F)c1. The summed E-state index contributed by atoms with van der Waals surface area (Å²) >= 11 is 5.13. The molecular weight excluding hydrogens is 225 g/mol. The number of halogens is 1. The van der Waals surface area contributed by atoms with E-state index in [-0.39, 0.29) is 11.9 Å². The van der Waals surface area contributed by atoms with E-state index in [1.165, 1.54) is 12.1 Å². The molecule has 0 radical (unpaired) electrons. The smallest absolute Gasteiger partial charge is 0.195 e. The molecule has 5 heteroatoms. The summed E-state index contributed by atoms with van der Waals surface area (Å²) in [5.41, 5.74) is 0.876. The maximum atomic E-state index is 13.1. The quantitative estimate of drug-likeness (QED) is 0.815. The number of nitrogens with one attached hydrogen (secondary N) is 1. The van der Waals surface area contributed by atoms with Crippen LogP contribution in [0.4, 0.5) is 4.39 Å². The second-order valence-corrected chi connectivity index (χ2v) is 4.06. The molecule has 0 spiro atoms. The molecule has 1 heterocycles. The van der Waals surface area contributed by atoms with Crippen molar-refractivity contribution < 1.29 is 4.39 Å². The molecular formula is C11H12FN3S. The summed E-state index contributed by atoms with van der Waals surface area (Å²) in [4.78, 5) is 0. The molecule has 1 aromatic heterocycles. The average molecular weight is 237 g/mol. The van der Waals surface area contributed by atoms with Gasteiger partial charge >= 0.3 is 0 Å². The van der Waals surface area contributed by atoms with Crippen LogP contribution in [0.2, 0.25) is 0 Å². The molecule has 1 unspecified atom stereocenters. The third-order valence-corrected chi connectivity index (χ3v) is 2.89. The lowest BCUT2D eigenvalue weighted by Gasteiger charge is -2.14. The van der Waals surface area contributed by atoms with Gasteiger partial charge in [-0.15, -0.1) is 0 Å². The number of hydrogen-bond acceptors (Lipinski definition) is 2. The van der Waals surface area contributed by atoms with Crippen molar-refractivity contribution in [2.24, 2.45) is 0 Å². The van der Waals surface area contributed by atoms with Gasteiger partial charge in [-0.1, -0.05) is 12.1 Å². The summed E-state index contributed by atoms with van der Waals surface area (Å²) in [6.07, 6.45) is 0. The highest BCUT2D eigenvalue weighted by Gasteiger charge is 2.12. The Morgan fingerprint density at radius 2 is 2.25 bits per heavy atom. The summed E-state index contributed by atoms with van der Waals surface area (Å²) in [6, 6.07) is 6.49. The van der Waals surface area contributed by atoms with Crippen LogP contribution < -0.4 is 0 Å². The van der Waals surface area contributed by atoms with E-state index in [1.807, 2.05) is 24.5 Å². The van der Waals surface area contributed by atoms with E-state index in [4.69, 9.17) is 12.2 Å². The van der Waals surface area contributed by atoms with Gasteiger partial charge < -0.3 is 0 Å². The summed E-state index contributed by atoms with van der Waals surface area (Å²) in [7, 11) is 0. The van der Waals surface area contributed by atoms with Crippen LogP contribution >= 0.6 is 12.2 Å². The predicted octanol–water partition coefficient (Wildman–Crippen LogP) is 3.00. The molecule has 84 valence electrons. The van der Waals surface area contributed by atoms with Crippen LogP contribution in [-0.2, 0) is 0 Å². The number of hydrogen-bond donors (Lipinski definition) is 1. The van der Waals surface area contributed by atoms with Crippen LogP contribution in [0.15, 0.2) is 24.3 Å². The van der Waals surface area contributed by atoms with Gasteiger partial charge in [0.25, 0.3) is 0 Å². The lowest BCUT2D eigenvalue weighted by molar-refractivity contribution is 0.591.